The Hall–Kier alpha value is -0.990. The van der Waals surface area contributed by atoms with E-state index in [1.807, 2.05) is 12.3 Å². The highest BCUT2D eigenvalue weighted by molar-refractivity contribution is 6.35. The number of aromatic nitrogens is 1. The van der Waals surface area contributed by atoms with E-state index in [9.17, 15) is 0 Å². The lowest BCUT2D eigenvalue weighted by Crippen LogP contribution is -2.08. The molecule has 14 heavy (non-hydrogen) atoms. The number of nitrogens with zero attached hydrogens (tertiary/aromatic N) is 1. The maximum Gasteiger partial charge on any atom is 0.0664 e. The molecule has 0 spiro atoms. The standard InChI is InChI=1S/C11H13ClN2/c1-8-3-2-4-10-11(8)9(12)7-14(10)6-5-13/h2-4,7H,5-6,13H2,1H3. The van der Waals surface area contributed by atoms with Crippen LogP contribution >= 0.6 is 11.6 Å². The fourth-order valence-electron chi connectivity index (χ4n) is 1.80. The Morgan fingerprint density at radius 2 is 2.21 bits per heavy atom. The molecule has 2 rings (SSSR count). The van der Waals surface area contributed by atoms with Gasteiger partial charge in [0.2, 0.25) is 0 Å². The predicted octanol–water partition coefficient (Wildman–Crippen LogP) is 2.56. The number of halogens is 1. The molecule has 0 unspecified atom stereocenters. The second-order valence-electron chi connectivity index (χ2n) is 3.43. The third-order valence-electron chi connectivity index (χ3n) is 2.44. The first-order valence-electron chi connectivity index (χ1n) is 4.68. The van der Waals surface area contributed by atoms with E-state index in [1.165, 1.54) is 11.1 Å². The highest BCUT2D eigenvalue weighted by Crippen LogP contribution is 2.28. The Morgan fingerprint density at radius 3 is 2.93 bits per heavy atom. The number of hydrogen-bond acceptors (Lipinski definition) is 1. The molecule has 3 heteroatoms. The van der Waals surface area contributed by atoms with Crippen molar-refractivity contribution in [3.63, 3.8) is 0 Å². The summed E-state index contributed by atoms with van der Waals surface area (Å²) in [5, 5.41) is 1.95. The maximum atomic E-state index is 6.16. The lowest BCUT2D eigenvalue weighted by molar-refractivity contribution is 0.735. The summed E-state index contributed by atoms with van der Waals surface area (Å²) in [6, 6.07) is 6.19. The van der Waals surface area contributed by atoms with E-state index in [1.54, 1.807) is 0 Å². The van der Waals surface area contributed by atoms with Gasteiger partial charge in [0, 0.05) is 30.2 Å². The SMILES string of the molecule is Cc1cccc2c1c(Cl)cn2CCN. The number of benzene rings is 1. The van der Waals surface area contributed by atoms with Crippen molar-refractivity contribution in [3.05, 3.63) is 35.0 Å². The van der Waals surface area contributed by atoms with E-state index >= 15 is 0 Å². The van der Waals surface area contributed by atoms with Crippen molar-refractivity contribution in [2.24, 2.45) is 5.73 Å². The van der Waals surface area contributed by atoms with Crippen LogP contribution in [0.25, 0.3) is 10.9 Å². The Balaban J connectivity index is 2.71. The van der Waals surface area contributed by atoms with Gasteiger partial charge in [0.15, 0.2) is 0 Å². The lowest BCUT2D eigenvalue weighted by atomic mass is 10.1. The van der Waals surface area contributed by atoms with E-state index in [2.05, 4.69) is 23.6 Å². The van der Waals surface area contributed by atoms with E-state index in [-0.39, 0.29) is 0 Å². The van der Waals surface area contributed by atoms with Gasteiger partial charge in [0.05, 0.1) is 5.02 Å². The quantitative estimate of drug-likeness (QED) is 0.808. The van der Waals surface area contributed by atoms with E-state index in [0.717, 1.165) is 17.0 Å². The molecule has 0 aliphatic carbocycles. The summed E-state index contributed by atoms with van der Waals surface area (Å²) in [5.74, 6) is 0. The van der Waals surface area contributed by atoms with Crippen LogP contribution in [0.15, 0.2) is 24.4 Å². The summed E-state index contributed by atoms with van der Waals surface area (Å²) in [5.41, 5.74) is 7.91. The van der Waals surface area contributed by atoms with Gasteiger partial charge < -0.3 is 10.3 Å². The third kappa shape index (κ3) is 1.41. The van der Waals surface area contributed by atoms with Crippen molar-refractivity contribution in [2.45, 2.75) is 13.5 Å². The summed E-state index contributed by atoms with van der Waals surface area (Å²) in [4.78, 5) is 0. The average Bonchev–Trinajstić information content (AvgIpc) is 2.46. The molecule has 2 aromatic rings. The highest BCUT2D eigenvalue weighted by Gasteiger charge is 2.07. The monoisotopic (exact) mass is 208 g/mol. The van der Waals surface area contributed by atoms with Crippen molar-refractivity contribution in [1.82, 2.24) is 4.57 Å². The lowest BCUT2D eigenvalue weighted by Gasteiger charge is -2.02. The first-order valence-corrected chi connectivity index (χ1v) is 5.06. The Labute approximate surface area is 88.3 Å². The predicted molar refractivity (Wildman–Crippen MR) is 60.7 cm³/mol. The molecule has 2 nitrogen and oxygen atoms in total. The number of nitrogens with two attached hydrogens (primary N) is 1. The second-order valence-corrected chi connectivity index (χ2v) is 3.84. The van der Waals surface area contributed by atoms with Crippen LogP contribution in [0.1, 0.15) is 5.56 Å². The summed E-state index contributed by atoms with van der Waals surface area (Å²) in [7, 11) is 0. The normalized spacial score (nSPS) is 11.1. The summed E-state index contributed by atoms with van der Waals surface area (Å²) in [6.07, 6.45) is 1.95. The molecule has 0 atom stereocenters. The van der Waals surface area contributed by atoms with Gasteiger partial charge in [-0.2, -0.15) is 0 Å². The zero-order valence-corrected chi connectivity index (χ0v) is 8.88. The van der Waals surface area contributed by atoms with Crippen molar-refractivity contribution in [2.75, 3.05) is 6.54 Å². The molecule has 1 heterocycles. The summed E-state index contributed by atoms with van der Waals surface area (Å²) in [6.45, 7) is 3.52. The first kappa shape index (κ1) is 9.56. The molecular formula is C11H13ClN2. The Bertz CT molecular complexity index is 460. The molecular weight excluding hydrogens is 196 g/mol. The fraction of sp³-hybridized carbons (Fsp3) is 0.273. The highest BCUT2D eigenvalue weighted by atomic mass is 35.5. The van der Waals surface area contributed by atoms with E-state index in [0.29, 0.717) is 6.54 Å². The molecule has 0 aliphatic heterocycles. The molecule has 74 valence electrons. The topological polar surface area (TPSA) is 30.9 Å². The third-order valence-corrected chi connectivity index (χ3v) is 2.72. The molecule has 1 aromatic carbocycles. The largest absolute Gasteiger partial charge is 0.345 e. The minimum absolute atomic E-state index is 0.633. The van der Waals surface area contributed by atoms with Crippen LogP contribution in [-0.2, 0) is 6.54 Å². The van der Waals surface area contributed by atoms with Gasteiger partial charge in [-0.1, -0.05) is 23.7 Å². The molecule has 0 bridgehead atoms. The smallest absolute Gasteiger partial charge is 0.0664 e. The van der Waals surface area contributed by atoms with Crippen molar-refractivity contribution in [1.29, 1.82) is 0 Å². The minimum atomic E-state index is 0.633. The van der Waals surface area contributed by atoms with Crippen molar-refractivity contribution >= 4 is 22.5 Å². The Morgan fingerprint density at radius 1 is 1.43 bits per heavy atom. The Kier molecular flexibility index (Phi) is 2.48. The van der Waals surface area contributed by atoms with Gasteiger partial charge in [-0.3, -0.25) is 0 Å². The second kappa shape index (κ2) is 3.64. The molecule has 0 saturated heterocycles. The molecule has 2 N–H and O–H groups in total. The summed E-state index contributed by atoms with van der Waals surface area (Å²) < 4.78 is 2.10. The van der Waals surface area contributed by atoms with Gasteiger partial charge in [-0.05, 0) is 18.6 Å². The van der Waals surface area contributed by atoms with Gasteiger partial charge in [0.1, 0.15) is 0 Å². The minimum Gasteiger partial charge on any atom is -0.345 e. The van der Waals surface area contributed by atoms with Crippen LogP contribution in [-0.4, -0.2) is 11.1 Å². The number of hydrogen-bond donors (Lipinski definition) is 1. The number of rotatable bonds is 2. The molecule has 1 aromatic heterocycles. The number of fused-ring (bicyclic) bond motifs is 1. The van der Waals surface area contributed by atoms with Crippen LogP contribution in [0.2, 0.25) is 5.02 Å². The van der Waals surface area contributed by atoms with E-state index < -0.39 is 0 Å². The van der Waals surface area contributed by atoms with E-state index in [4.69, 9.17) is 17.3 Å². The maximum absolute atomic E-state index is 6.16. The zero-order valence-electron chi connectivity index (χ0n) is 8.13. The van der Waals surface area contributed by atoms with Gasteiger partial charge >= 0.3 is 0 Å². The molecule has 0 aliphatic rings. The van der Waals surface area contributed by atoms with Crippen molar-refractivity contribution < 1.29 is 0 Å². The molecule has 0 fully saturated rings. The van der Waals surface area contributed by atoms with Crippen LogP contribution in [0, 0.1) is 6.92 Å². The summed E-state index contributed by atoms with van der Waals surface area (Å²) >= 11 is 6.16. The number of aryl methyl sites for hydroxylation is 1. The van der Waals surface area contributed by atoms with Gasteiger partial charge in [0.25, 0.3) is 0 Å². The average molecular weight is 209 g/mol. The van der Waals surface area contributed by atoms with Crippen LogP contribution in [0.4, 0.5) is 0 Å². The van der Waals surface area contributed by atoms with Crippen LogP contribution in [0.5, 0.6) is 0 Å². The van der Waals surface area contributed by atoms with Gasteiger partial charge in [-0.25, -0.2) is 0 Å². The van der Waals surface area contributed by atoms with Gasteiger partial charge in [-0.15, -0.1) is 0 Å². The zero-order chi connectivity index (χ0) is 10.1. The molecule has 0 amide bonds. The van der Waals surface area contributed by atoms with Crippen LogP contribution in [0.3, 0.4) is 0 Å². The molecule has 0 radical (unpaired) electrons. The molecule has 0 saturated carbocycles. The van der Waals surface area contributed by atoms with Crippen molar-refractivity contribution in [3.8, 4) is 0 Å². The van der Waals surface area contributed by atoms with Crippen LogP contribution < -0.4 is 5.73 Å². The first-order chi connectivity index (χ1) is 6.74. The fourth-order valence-corrected chi connectivity index (χ4v) is 2.16.